The fourth-order valence-electron chi connectivity index (χ4n) is 5.28. The van der Waals surface area contributed by atoms with E-state index in [0.717, 1.165) is 44.1 Å². The number of carboxylic acid groups (broad SMARTS) is 1. The van der Waals surface area contributed by atoms with E-state index in [0.29, 0.717) is 42.9 Å². The Hall–Kier alpha value is -2.93. The first-order chi connectivity index (χ1) is 17.0. The molecule has 35 heavy (non-hydrogen) atoms. The van der Waals surface area contributed by atoms with Gasteiger partial charge in [-0.3, -0.25) is 9.59 Å². The van der Waals surface area contributed by atoms with Crippen LogP contribution in [0.2, 0.25) is 0 Å². The van der Waals surface area contributed by atoms with E-state index in [1.807, 2.05) is 13.0 Å². The second kappa shape index (κ2) is 11.7. The molecule has 2 aliphatic rings. The second-order valence-corrected chi connectivity index (χ2v) is 9.47. The van der Waals surface area contributed by atoms with Crippen LogP contribution in [0.4, 0.5) is 10.1 Å². The number of carbonyl (C=O) groups is 2. The Balaban J connectivity index is 1.61. The quantitative estimate of drug-likeness (QED) is 0.445. The lowest BCUT2D eigenvalue weighted by Gasteiger charge is -2.27. The molecule has 2 aromatic rings. The number of rotatable bonds is 9. The fourth-order valence-corrected chi connectivity index (χ4v) is 5.28. The summed E-state index contributed by atoms with van der Waals surface area (Å²) < 4.78 is 26.8. The normalized spacial score (nSPS) is 20.5. The highest BCUT2D eigenvalue weighted by atomic mass is 19.1. The predicted molar refractivity (Wildman–Crippen MR) is 132 cm³/mol. The third-order valence-corrected chi connectivity index (χ3v) is 7.12. The average Bonchev–Trinajstić information content (AvgIpc) is 3.38. The van der Waals surface area contributed by atoms with Crippen LogP contribution in [0.5, 0.6) is 5.75 Å². The Kier molecular flexibility index (Phi) is 8.39. The van der Waals surface area contributed by atoms with E-state index < -0.39 is 23.6 Å². The number of hydrogen-bond donors (Lipinski definition) is 2. The zero-order valence-electron chi connectivity index (χ0n) is 20.2. The Morgan fingerprint density at radius 3 is 2.43 bits per heavy atom. The largest absolute Gasteiger partial charge is 0.491 e. The van der Waals surface area contributed by atoms with Gasteiger partial charge in [-0.15, -0.1) is 0 Å². The molecule has 6 nitrogen and oxygen atoms in total. The van der Waals surface area contributed by atoms with Crippen molar-refractivity contribution in [3.8, 4) is 16.9 Å². The molecule has 4 rings (SSSR count). The van der Waals surface area contributed by atoms with Crippen LogP contribution in [0, 0.1) is 17.7 Å². The van der Waals surface area contributed by atoms with E-state index in [-0.39, 0.29) is 17.8 Å². The summed E-state index contributed by atoms with van der Waals surface area (Å²) in [6.07, 6.45) is 7.24. The highest BCUT2D eigenvalue weighted by Crippen LogP contribution is 2.35. The molecule has 0 spiro atoms. The van der Waals surface area contributed by atoms with Crippen molar-refractivity contribution in [3.63, 3.8) is 0 Å². The smallest absolute Gasteiger partial charge is 0.307 e. The molecule has 2 aromatic carbocycles. The van der Waals surface area contributed by atoms with Gasteiger partial charge in [-0.25, -0.2) is 4.39 Å². The molecular formula is C28H34FNO5. The third-order valence-electron chi connectivity index (χ3n) is 7.12. The minimum Gasteiger partial charge on any atom is -0.491 e. The molecule has 0 aromatic heterocycles. The monoisotopic (exact) mass is 483 g/mol. The van der Waals surface area contributed by atoms with Crippen molar-refractivity contribution in [1.29, 1.82) is 0 Å². The number of aliphatic carboxylic acids is 1. The van der Waals surface area contributed by atoms with E-state index in [1.54, 1.807) is 30.3 Å². The highest BCUT2D eigenvalue weighted by molar-refractivity contribution is 5.95. The number of anilines is 1. The van der Waals surface area contributed by atoms with E-state index >= 15 is 4.39 Å². The average molecular weight is 484 g/mol. The summed E-state index contributed by atoms with van der Waals surface area (Å²) >= 11 is 0. The molecule has 0 radical (unpaired) electrons. The SMILES string of the molecule is CCOc1cccc(-c2ccc(NC(=O)[C@H]3CCCC[C@H]3C(=O)O)cc2COC2CCCC2)c1F. The van der Waals surface area contributed by atoms with Gasteiger partial charge in [0.05, 0.1) is 31.2 Å². The summed E-state index contributed by atoms with van der Waals surface area (Å²) in [5.41, 5.74) is 2.42. The third kappa shape index (κ3) is 6.01. The molecule has 2 N–H and O–H groups in total. The Morgan fingerprint density at radius 1 is 1.00 bits per heavy atom. The molecule has 188 valence electrons. The molecule has 0 unspecified atom stereocenters. The van der Waals surface area contributed by atoms with Crippen molar-refractivity contribution in [2.24, 2.45) is 11.8 Å². The van der Waals surface area contributed by atoms with Crippen molar-refractivity contribution in [2.75, 3.05) is 11.9 Å². The van der Waals surface area contributed by atoms with Gasteiger partial charge in [0.2, 0.25) is 5.91 Å². The maximum absolute atomic E-state index is 15.2. The van der Waals surface area contributed by atoms with Gasteiger partial charge in [0, 0.05) is 11.3 Å². The second-order valence-electron chi connectivity index (χ2n) is 9.47. The topological polar surface area (TPSA) is 84.9 Å². The number of amides is 1. The maximum atomic E-state index is 15.2. The summed E-state index contributed by atoms with van der Waals surface area (Å²) in [5.74, 6) is -2.66. The standard InChI is InChI=1S/C28H34FNO5/c1-2-34-25-13-7-12-22(26(25)29)21-15-14-19(16-18(21)17-35-20-8-3-4-9-20)30-27(31)23-10-5-6-11-24(23)28(32)33/h7,12-16,20,23-24H,2-6,8-11,17H2,1H3,(H,30,31)(H,32,33)/t23-,24+/m0/s1. The summed E-state index contributed by atoms with van der Waals surface area (Å²) in [6.45, 7) is 2.47. The van der Waals surface area contributed by atoms with Crippen LogP contribution in [-0.4, -0.2) is 29.7 Å². The van der Waals surface area contributed by atoms with E-state index in [4.69, 9.17) is 9.47 Å². The van der Waals surface area contributed by atoms with E-state index in [9.17, 15) is 14.7 Å². The minimum absolute atomic E-state index is 0.180. The lowest BCUT2D eigenvalue weighted by atomic mass is 9.78. The van der Waals surface area contributed by atoms with Crippen molar-refractivity contribution in [2.45, 2.75) is 71.0 Å². The van der Waals surface area contributed by atoms with Gasteiger partial charge in [0.15, 0.2) is 11.6 Å². The summed E-state index contributed by atoms with van der Waals surface area (Å²) in [5, 5.41) is 12.5. The van der Waals surface area contributed by atoms with Gasteiger partial charge in [-0.05, 0) is 61.9 Å². The van der Waals surface area contributed by atoms with Crippen LogP contribution >= 0.6 is 0 Å². The summed E-state index contributed by atoms with van der Waals surface area (Å²) in [4.78, 5) is 24.7. The van der Waals surface area contributed by atoms with Crippen molar-refractivity contribution < 1.29 is 28.6 Å². The molecule has 7 heteroatoms. The van der Waals surface area contributed by atoms with Crippen LogP contribution in [0.1, 0.15) is 63.9 Å². The van der Waals surface area contributed by atoms with Crippen LogP contribution in [-0.2, 0) is 20.9 Å². The molecule has 0 heterocycles. The Morgan fingerprint density at radius 2 is 1.71 bits per heavy atom. The maximum Gasteiger partial charge on any atom is 0.307 e. The molecule has 0 bridgehead atoms. The molecule has 2 saturated carbocycles. The number of nitrogens with one attached hydrogen (secondary N) is 1. The summed E-state index contributed by atoms with van der Waals surface area (Å²) in [6, 6.07) is 10.4. The number of carboxylic acids is 1. The number of carbonyl (C=O) groups excluding carboxylic acids is 1. The number of hydrogen-bond acceptors (Lipinski definition) is 4. The predicted octanol–water partition coefficient (Wildman–Crippen LogP) is 6.18. The van der Waals surface area contributed by atoms with Crippen molar-refractivity contribution >= 4 is 17.6 Å². The highest BCUT2D eigenvalue weighted by Gasteiger charge is 2.35. The summed E-state index contributed by atoms with van der Waals surface area (Å²) in [7, 11) is 0. The fraction of sp³-hybridized carbons (Fsp3) is 0.500. The van der Waals surface area contributed by atoms with E-state index in [1.165, 1.54) is 0 Å². The van der Waals surface area contributed by atoms with Gasteiger partial charge in [-0.1, -0.05) is 43.9 Å². The first-order valence-electron chi connectivity index (χ1n) is 12.7. The molecular weight excluding hydrogens is 449 g/mol. The van der Waals surface area contributed by atoms with Gasteiger partial charge in [0.1, 0.15) is 0 Å². The van der Waals surface area contributed by atoms with Gasteiger partial charge in [0.25, 0.3) is 0 Å². The molecule has 0 aliphatic heterocycles. The number of ether oxygens (including phenoxy) is 2. The van der Waals surface area contributed by atoms with Crippen LogP contribution in [0.3, 0.4) is 0 Å². The zero-order chi connectivity index (χ0) is 24.8. The van der Waals surface area contributed by atoms with E-state index in [2.05, 4.69) is 5.32 Å². The number of halogens is 1. The van der Waals surface area contributed by atoms with Crippen LogP contribution in [0.25, 0.3) is 11.1 Å². The first kappa shape index (κ1) is 25.2. The molecule has 2 fully saturated rings. The number of benzene rings is 2. The lowest BCUT2D eigenvalue weighted by Crippen LogP contribution is -2.36. The van der Waals surface area contributed by atoms with Gasteiger partial charge < -0.3 is 19.9 Å². The van der Waals surface area contributed by atoms with Gasteiger partial charge >= 0.3 is 5.97 Å². The Bertz CT molecular complexity index is 1050. The molecule has 2 aliphatic carbocycles. The lowest BCUT2D eigenvalue weighted by molar-refractivity contribution is -0.147. The molecule has 0 saturated heterocycles. The van der Waals surface area contributed by atoms with Crippen molar-refractivity contribution in [3.05, 3.63) is 47.8 Å². The van der Waals surface area contributed by atoms with Crippen LogP contribution in [0.15, 0.2) is 36.4 Å². The Labute approximate surface area is 205 Å². The first-order valence-corrected chi connectivity index (χ1v) is 12.7. The van der Waals surface area contributed by atoms with Crippen LogP contribution < -0.4 is 10.1 Å². The molecule has 2 atom stereocenters. The zero-order valence-corrected chi connectivity index (χ0v) is 20.2. The van der Waals surface area contributed by atoms with Crippen molar-refractivity contribution in [1.82, 2.24) is 0 Å². The van der Waals surface area contributed by atoms with Gasteiger partial charge in [-0.2, -0.15) is 0 Å². The minimum atomic E-state index is -0.921. The molecule has 1 amide bonds.